The summed E-state index contributed by atoms with van der Waals surface area (Å²) < 4.78 is 5.29. The van der Waals surface area contributed by atoms with E-state index in [4.69, 9.17) is 10.5 Å². The van der Waals surface area contributed by atoms with E-state index < -0.39 is 0 Å². The number of methoxy groups -OCH3 is 1. The van der Waals surface area contributed by atoms with Crippen molar-refractivity contribution in [1.82, 2.24) is 5.32 Å². The van der Waals surface area contributed by atoms with Crippen molar-refractivity contribution in [3.8, 4) is 5.75 Å². The second-order valence-electron chi connectivity index (χ2n) is 4.08. The van der Waals surface area contributed by atoms with E-state index in [1.807, 2.05) is 25.1 Å². The average molecular weight is 222 g/mol. The number of hydrogen-bond donors (Lipinski definition) is 2. The summed E-state index contributed by atoms with van der Waals surface area (Å²) in [6.45, 7) is 3.97. The SMILES string of the molecule is COc1ccccc1CCNCCC(C)N. The van der Waals surface area contributed by atoms with E-state index in [-0.39, 0.29) is 6.04 Å². The third kappa shape index (κ3) is 4.64. The van der Waals surface area contributed by atoms with Crippen molar-refractivity contribution in [2.75, 3.05) is 20.2 Å². The molecule has 0 spiro atoms. The first kappa shape index (κ1) is 13.0. The first-order valence-electron chi connectivity index (χ1n) is 5.82. The standard InChI is InChI=1S/C13H22N2O/c1-11(14)7-9-15-10-8-12-5-3-4-6-13(12)16-2/h3-6,11,15H,7-10,14H2,1-2H3. The highest BCUT2D eigenvalue weighted by Crippen LogP contribution is 2.17. The van der Waals surface area contributed by atoms with Crippen LogP contribution < -0.4 is 15.8 Å². The molecule has 0 bridgehead atoms. The molecule has 1 rings (SSSR count). The van der Waals surface area contributed by atoms with E-state index in [0.717, 1.165) is 31.7 Å². The fourth-order valence-corrected chi connectivity index (χ4v) is 1.59. The van der Waals surface area contributed by atoms with Crippen LogP contribution in [0.25, 0.3) is 0 Å². The molecule has 3 heteroatoms. The predicted octanol–water partition coefficient (Wildman–Crippen LogP) is 1.56. The number of benzene rings is 1. The van der Waals surface area contributed by atoms with Gasteiger partial charge in [-0.05, 0) is 44.5 Å². The number of nitrogens with two attached hydrogens (primary N) is 1. The first-order chi connectivity index (χ1) is 7.74. The lowest BCUT2D eigenvalue weighted by atomic mass is 10.1. The topological polar surface area (TPSA) is 47.3 Å². The van der Waals surface area contributed by atoms with Crippen LogP contribution in [-0.4, -0.2) is 26.2 Å². The second-order valence-corrected chi connectivity index (χ2v) is 4.08. The van der Waals surface area contributed by atoms with Crippen molar-refractivity contribution in [1.29, 1.82) is 0 Å². The zero-order valence-corrected chi connectivity index (χ0v) is 10.2. The molecule has 0 heterocycles. The quantitative estimate of drug-likeness (QED) is 0.688. The Kier molecular flexibility index (Phi) is 5.90. The highest BCUT2D eigenvalue weighted by Gasteiger charge is 2.00. The number of rotatable bonds is 7. The molecule has 1 atom stereocenters. The molecule has 0 saturated heterocycles. The van der Waals surface area contributed by atoms with Crippen LogP contribution in [0.1, 0.15) is 18.9 Å². The summed E-state index contributed by atoms with van der Waals surface area (Å²) in [7, 11) is 1.71. The molecule has 0 radical (unpaired) electrons. The van der Waals surface area contributed by atoms with Crippen LogP contribution in [0.15, 0.2) is 24.3 Å². The molecule has 0 aliphatic heterocycles. The van der Waals surface area contributed by atoms with Crippen LogP contribution in [-0.2, 0) is 6.42 Å². The van der Waals surface area contributed by atoms with Gasteiger partial charge in [0, 0.05) is 6.04 Å². The Labute approximate surface area is 98.0 Å². The van der Waals surface area contributed by atoms with Crippen molar-refractivity contribution in [2.24, 2.45) is 5.73 Å². The van der Waals surface area contributed by atoms with Crippen molar-refractivity contribution >= 4 is 0 Å². The molecule has 0 amide bonds. The molecule has 0 aliphatic rings. The van der Waals surface area contributed by atoms with Crippen LogP contribution in [0.2, 0.25) is 0 Å². The zero-order chi connectivity index (χ0) is 11.8. The summed E-state index contributed by atoms with van der Waals surface area (Å²) in [6, 6.07) is 8.41. The summed E-state index contributed by atoms with van der Waals surface area (Å²) in [5.41, 5.74) is 6.92. The van der Waals surface area contributed by atoms with E-state index in [1.165, 1.54) is 5.56 Å². The lowest BCUT2D eigenvalue weighted by molar-refractivity contribution is 0.409. The Balaban J connectivity index is 2.26. The van der Waals surface area contributed by atoms with Crippen LogP contribution in [0, 0.1) is 0 Å². The maximum Gasteiger partial charge on any atom is 0.122 e. The molecule has 3 N–H and O–H groups in total. The van der Waals surface area contributed by atoms with Gasteiger partial charge in [0.05, 0.1) is 7.11 Å². The van der Waals surface area contributed by atoms with Gasteiger partial charge in [-0.3, -0.25) is 0 Å². The molecule has 0 saturated carbocycles. The van der Waals surface area contributed by atoms with Gasteiger partial charge in [0.1, 0.15) is 5.75 Å². The van der Waals surface area contributed by atoms with Gasteiger partial charge in [-0.1, -0.05) is 18.2 Å². The fraction of sp³-hybridized carbons (Fsp3) is 0.538. The molecule has 0 aromatic heterocycles. The van der Waals surface area contributed by atoms with E-state index in [0.29, 0.717) is 0 Å². The highest BCUT2D eigenvalue weighted by atomic mass is 16.5. The van der Waals surface area contributed by atoms with Gasteiger partial charge < -0.3 is 15.8 Å². The first-order valence-corrected chi connectivity index (χ1v) is 5.82. The van der Waals surface area contributed by atoms with Crippen LogP contribution in [0.4, 0.5) is 0 Å². The molecular formula is C13H22N2O. The number of para-hydroxylation sites is 1. The summed E-state index contributed by atoms with van der Waals surface area (Å²) >= 11 is 0. The van der Waals surface area contributed by atoms with Crippen molar-refractivity contribution in [2.45, 2.75) is 25.8 Å². The lowest BCUT2D eigenvalue weighted by Crippen LogP contribution is -2.25. The van der Waals surface area contributed by atoms with Crippen molar-refractivity contribution in [3.63, 3.8) is 0 Å². The van der Waals surface area contributed by atoms with Crippen LogP contribution >= 0.6 is 0 Å². The number of nitrogens with one attached hydrogen (secondary N) is 1. The second kappa shape index (κ2) is 7.25. The average Bonchev–Trinajstić information content (AvgIpc) is 2.29. The Morgan fingerprint density at radius 3 is 2.75 bits per heavy atom. The maximum absolute atomic E-state index is 5.67. The summed E-state index contributed by atoms with van der Waals surface area (Å²) in [5, 5.41) is 3.38. The molecule has 16 heavy (non-hydrogen) atoms. The largest absolute Gasteiger partial charge is 0.496 e. The minimum absolute atomic E-state index is 0.277. The van der Waals surface area contributed by atoms with Gasteiger partial charge >= 0.3 is 0 Å². The summed E-state index contributed by atoms with van der Waals surface area (Å²) in [4.78, 5) is 0. The molecule has 90 valence electrons. The molecule has 1 unspecified atom stereocenters. The summed E-state index contributed by atoms with van der Waals surface area (Å²) in [6.07, 6.45) is 2.01. The lowest BCUT2D eigenvalue weighted by Gasteiger charge is -2.09. The van der Waals surface area contributed by atoms with Gasteiger partial charge in [0.2, 0.25) is 0 Å². The fourth-order valence-electron chi connectivity index (χ4n) is 1.59. The Morgan fingerprint density at radius 2 is 2.06 bits per heavy atom. The molecule has 0 fully saturated rings. The minimum Gasteiger partial charge on any atom is -0.496 e. The monoisotopic (exact) mass is 222 g/mol. The minimum atomic E-state index is 0.277. The third-order valence-electron chi connectivity index (χ3n) is 2.54. The Bertz CT molecular complexity index is 300. The molecule has 1 aromatic carbocycles. The normalized spacial score (nSPS) is 12.4. The zero-order valence-electron chi connectivity index (χ0n) is 10.2. The molecular weight excluding hydrogens is 200 g/mol. The van der Waals surface area contributed by atoms with E-state index >= 15 is 0 Å². The smallest absolute Gasteiger partial charge is 0.122 e. The maximum atomic E-state index is 5.67. The molecule has 1 aromatic rings. The van der Waals surface area contributed by atoms with E-state index in [2.05, 4.69) is 11.4 Å². The molecule has 3 nitrogen and oxygen atoms in total. The summed E-state index contributed by atoms with van der Waals surface area (Å²) in [5.74, 6) is 0.969. The van der Waals surface area contributed by atoms with Gasteiger partial charge in [-0.2, -0.15) is 0 Å². The van der Waals surface area contributed by atoms with Gasteiger partial charge in [0.15, 0.2) is 0 Å². The van der Waals surface area contributed by atoms with Crippen LogP contribution in [0.5, 0.6) is 5.75 Å². The van der Waals surface area contributed by atoms with Crippen LogP contribution in [0.3, 0.4) is 0 Å². The number of ether oxygens (including phenoxy) is 1. The van der Waals surface area contributed by atoms with Crippen molar-refractivity contribution < 1.29 is 4.74 Å². The Hall–Kier alpha value is -1.06. The molecule has 0 aliphatic carbocycles. The van der Waals surface area contributed by atoms with Gasteiger partial charge in [-0.25, -0.2) is 0 Å². The van der Waals surface area contributed by atoms with E-state index in [1.54, 1.807) is 7.11 Å². The third-order valence-corrected chi connectivity index (χ3v) is 2.54. The van der Waals surface area contributed by atoms with Gasteiger partial charge in [-0.15, -0.1) is 0 Å². The predicted molar refractivity (Wildman–Crippen MR) is 67.8 cm³/mol. The van der Waals surface area contributed by atoms with Crippen molar-refractivity contribution in [3.05, 3.63) is 29.8 Å². The highest BCUT2D eigenvalue weighted by molar-refractivity contribution is 5.33. The number of hydrogen-bond acceptors (Lipinski definition) is 3. The van der Waals surface area contributed by atoms with E-state index in [9.17, 15) is 0 Å². The Morgan fingerprint density at radius 1 is 1.31 bits per heavy atom. The van der Waals surface area contributed by atoms with Gasteiger partial charge in [0.25, 0.3) is 0 Å².